The summed E-state index contributed by atoms with van der Waals surface area (Å²) in [5.41, 5.74) is 1.24. The summed E-state index contributed by atoms with van der Waals surface area (Å²) in [5.74, 6) is 0.200. The van der Waals surface area contributed by atoms with E-state index in [0.29, 0.717) is 6.04 Å². The summed E-state index contributed by atoms with van der Waals surface area (Å²) < 4.78 is 28.6. The number of nitrogens with zero attached hydrogens (tertiary/aromatic N) is 1. The number of benzene rings is 1. The Labute approximate surface area is 118 Å². The van der Waals surface area contributed by atoms with Crippen LogP contribution in [0.15, 0.2) is 24.3 Å². The minimum absolute atomic E-state index is 0.192. The van der Waals surface area contributed by atoms with Crippen molar-refractivity contribution in [2.75, 3.05) is 24.5 Å². The molecule has 0 spiro atoms. The number of anilines is 1. The molecule has 1 aromatic rings. The number of hydrogen-bond donors (Lipinski definition) is 1. The molecule has 0 bridgehead atoms. The van der Waals surface area contributed by atoms with Crippen LogP contribution in [0, 0.1) is 5.41 Å². The standard InChI is InChI=1S/C15H22F2N2O/c1-15(2,3)13-10-19(9-8-18-13)11-4-6-12(7-5-11)20-14(16)17/h4-7,13-14,18H,8-10H2,1-3H3. The number of nitrogens with one attached hydrogen (secondary N) is 1. The second-order valence-electron chi connectivity index (χ2n) is 6.19. The maximum absolute atomic E-state index is 12.1. The highest BCUT2D eigenvalue weighted by Crippen LogP contribution is 2.26. The minimum atomic E-state index is -2.77. The molecule has 1 aliphatic rings. The maximum atomic E-state index is 12.1. The second kappa shape index (κ2) is 5.95. The van der Waals surface area contributed by atoms with Crippen LogP contribution in [0.1, 0.15) is 20.8 Å². The number of piperazine rings is 1. The summed E-state index contributed by atoms with van der Waals surface area (Å²) in [6.07, 6.45) is 0. The highest BCUT2D eigenvalue weighted by Gasteiger charge is 2.29. The van der Waals surface area contributed by atoms with Gasteiger partial charge in [0.1, 0.15) is 5.75 Å². The second-order valence-corrected chi connectivity index (χ2v) is 6.19. The number of hydrogen-bond acceptors (Lipinski definition) is 3. The van der Waals surface area contributed by atoms with Crippen LogP contribution in [-0.4, -0.2) is 32.3 Å². The summed E-state index contributed by atoms with van der Waals surface area (Å²) in [6, 6.07) is 7.27. The smallest absolute Gasteiger partial charge is 0.387 e. The van der Waals surface area contributed by atoms with Gasteiger partial charge in [-0.3, -0.25) is 0 Å². The van der Waals surface area contributed by atoms with Gasteiger partial charge in [-0.25, -0.2) is 0 Å². The van der Waals surface area contributed by atoms with Crippen LogP contribution >= 0.6 is 0 Å². The van der Waals surface area contributed by atoms with Gasteiger partial charge in [0.15, 0.2) is 0 Å². The monoisotopic (exact) mass is 284 g/mol. The van der Waals surface area contributed by atoms with Gasteiger partial charge in [0.2, 0.25) is 0 Å². The van der Waals surface area contributed by atoms with Gasteiger partial charge in [-0.2, -0.15) is 8.78 Å². The first-order valence-electron chi connectivity index (χ1n) is 6.89. The van der Waals surface area contributed by atoms with E-state index in [0.717, 1.165) is 25.3 Å². The van der Waals surface area contributed by atoms with Crippen molar-refractivity contribution >= 4 is 5.69 Å². The Bertz CT molecular complexity index is 428. The van der Waals surface area contributed by atoms with E-state index in [-0.39, 0.29) is 11.2 Å². The molecule has 1 atom stereocenters. The molecular formula is C15H22F2N2O. The van der Waals surface area contributed by atoms with Gasteiger partial charge >= 0.3 is 6.61 Å². The van der Waals surface area contributed by atoms with Crippen LogP contribution in [0.25, 0.3) is 0 Å². The molecule has 0 radical (unpaired) electrons. The Morgan fingerprint density at radius 2 is 1.90 bits per heavy atom. The van der Waals surface area contributed by atoms with Gasteiger partial charge in [-0.15, -0.1) is 0 Å². The van der Waals surface area contributed by atoms with Gasteiger partial charge in [0.05, 0.1) is 0 Å². The first-order valence-corrected chi connectivity index (χ1v) is 6.89. The van der Waals surface area contributed by atoms with Gasteiger partial charge in [-0.1, -0.05) is 20.8 Å². The lowest BCUT2D eigenvalue weighted by Crippen LogP contribution is -2.56. The summed E-state index contributed by atoms with van der Waals surface area (Å²) in [6.45, 7) is 6.64. The largest absolute Gasteiger partial charge is 0.435 e. The van der Waals surface area contributed by atoms with E-state index in [9.17, 15) is 8.78 Å². The molecule has 112 valence electrons. The summed E-state index contributed by atoms with van der Waals surface area (Å²) in [7, 11) is 0. The SMILES string of the molecule is CC(C)(C)C1CN(c2ccc(OC(F)F)cc2)CCN1. The molecular weight excluding hydrogens is 262 g/mol. The molecule has 1 N–H and O–H groups in total. The average Bonchev–Trinajstić information content (AvgIpc) is 2.38. The van der Waals surface area contributed by atoms with E-state index in [1.54, 1.807) is 12.1 Å². The van der Waals surface area contributed by atoms with Crippen LogP contribution < -0.4 is 15.0 Å². The topological polar surface area (TPSA) is 24.5 Å². The van der Waals surface area contributed by atoms with Crippen LogP contribution in [0.5, 0.6) is 5.75 Å². The number of rotatable bonds is 3. The van der Waals surface area contributed by atoms with Crippen molar-refractivity contribution in [2.45, 2.75) is 33.4 Å². The van der Waals surface area contributed by atoms with E-state index in [4.69, 9.17) is 0 Å². The lowest BCUT2D eigenvalue weighted by Gasteiger charge is -2.41. The van der Waals surface area contributed by atoms with Crippen molar-refractivity contribution in [1.82, 2.24) is 5.32 Å². The molecule has 20 heavy (non-hydrogen) atoms. The molecule has 1 fully saturated rings. The minimum Gasteiger partial charge on any atom is -0.435 e. The highest BCUT2D eigenvalue weighted by molar-refractivity contribution is 5.49. The molecule has 0 aromatic heterocycles. The van der Waals surface area contributed by atoms with Crippen LogP contribution in [0.4, 0.5) is 14.5 Å². The average molecular weight is 284 g/mol. The Hall–Kier alpha value is -1.36. The number of ether oxygens (including phenoxy) is 1. The fraction of sp³-hybridized carbons (Fsp3) is 0.600. The summed E-state index contributed by atoms with van der Waals surface area (Å²) in [5, 5.41) is 3.53. The van der Waals surface area contributed by atoms with Crippen molar-refractivity contribution < 1.29 is 13.5 Å². The van der Waals surface area contributed by atoms with Crippen molar-refractivity contribution in [3.8, 4) is 5.75 Å². The van der Waals surface area contributed by atoms with Crippen molar-refractivity contribution in [3.05, 3.63) is 24.3 Å². The zero-order valence-corrected chi connectivity index (χ0v) is 12.2. The molecule has 3 nitrogen and oxygen atoms in total. The molecule has 0 aliphatic carbocycles. The molecule has 1 saturated heterocycles. The zero-order valence-electron chi connectivity index (χ0n) is 12.2. The fourth-order valence-electron chi connectivity index (χ4n) is 2.40. The summed E-state index contributed by atoms with van der Waals surface area (Å²) in [4.78, 5) is 2.28. The zero-order chi connectivity index (χ0) is 14.8. The Balaban J connectivity index is 2.04. The Morgan fingerprint density at radius 3 is 2.45 bits per heavy atom. The fourth-order valence-corrected chi connectivity index (χ4v) is 2.40. The van der Waals surface area contributed by atoms with E-state index in [2.05, 4.69) is 35.7 Å². The first-order chi connectivity index (χ1) is 9.36. The third kappa shape index (κ3) is 3.82. The van der Waals surface area contributed by atoms with Gasteiger partial charge in [-0.05, 0) is 29.7 Å². The first kappa shape index (κ1) is 15.0. The quantitative estimate of drug-likeness (QED) is 0.923. The third-order valence-corrected chi connectivity index (χ3v) is 3.65. The van der Waals surface area contributed by atoms with E-state index in [1.807, 2.05) is 12.1 Å². The molecule has 1 aromatic carbocycles. The molecule has 0 amide bonds. The van der Waals surface area contributed by atoms with E-state index in [1.165, 1.54) is 0 Å². The third-order valence-electron chi connectivity index (χ3n) is 3.65. The lowest BCUT2D eigenvalue weighted by atomic mass is 9.85. The van der Waals surface area contributed by atoms with Crippen molar-refractivity contribution in [2.24, 2.45) is 5.41 Å². The maximum Gasteiger partial charge on any atom is 0.387 e. The molecule has 1 heterocycles. The van der Waals surface area contributed by atoms with Crippen molar-refractivity contribution in [3.63, 3.8) is 0 Å². The van der Waals surface area contributed by atoms with Crippen LogP contribution in [0.2, 0.25) is 0 Å². The van der Waals surface area contributed by atoms with Crippen LogP contribution in [0.3, 0.4) is 0 Å². The highest BCUT2D eigenvalue weighted by atomic mass is 19.3. The lowest BCUT2D eigenvalue weighted by molar-refractivity contribution is -0.0498. The van der Waals surface area contributed by atoms with E-state index < -0.39 is 6.61 Å². The number of alkyl halides is 2. The molecule has 1 aliphatic heterocycles. The summed E-state index contributed by atoms with van der Waals surface area (Å²) >= 11 is 0. The molecule has 2 rings (SSSR count). The Morgan fingerprint density at radius 1 is 1.25 bits per heavy atom. The molecule has 0 saturated carbocycles. The van der Waals surface area contributed by atoms with Gasteiger partial charge < -0.3 is 15.0 Å². The van der Waals surface area contributed by atoms with Gasteiger partial charge in [0, 0.05) is 31.4 Å². The number of halogens is 2. The predicted octanol–water partition coefficient (Wildman–Crippen LogP) is 3.11. The van der Waals surface area contributed by atoms with Crippen LogP contribution in [-0.2, 0) is 0 Å². The van der Waals surface area contributed by atoms with Gasteiger partial charge in [0.25, 0.3) is 0 Å². The van der Waals surface area contributed by atoms with Crippen molar-refractivity contribution in [1.29, 1.82) is 0 Å². The van der Waals surface area contributed by atoms with E-state index >= 15 is 0 Å². The molecule has 1 unspecified atom stereocenters. The Kier molecular flexibility index (Phi) is 4.48. The molecule has 5 heteroatoms. The normalized spacial score (nSPS) is 20.3. The predicted molar refractivity (Wildman–Crippen MR) is 76.5 cm³/mol.